The van der Waals surface area contributed by atoms with Gasteiger partial charge in [0.2, 0.25) is 0 Å². The lowest BCUT2D eigenvalue weighted by Gasteiger charge is -2.12. The molecule has 5 heteroatoms. The van der Waals surface area contributed by atoms with E-state index in [1.54, 1.807) is 10.6 Å². The van der Waals surface area contributed by atoms with Gasteiger partial charge in [0.1, 0.15) is 11.5 Å². The Morgan fingerprint density at radius 2 is 2.39 bits per heavy atom. The van der Waals surface area contributed by atoms with Crippen molar-refractivity contribution in [2.24, 2.45) is 0 Å². The molecule has 0 bridgehead atoms. The van der Waals surface area contributed by atoms with Crippen molar-refractivity contribution in [1.82, 2.24) is 4.57 Å². The van der Waals surface area contributed by atoms with Gasteiger partial charge >= 0.3 is 5.97 Å². The second-order valence-corrected chi connectivity index (χ2v) is 4.69. The maximum absolute atomic E-state index is 11.2. The predicted octanol–water partition coefficient (Wildman–Crippen LogP) is 2.42. The third-order valence-electron chi connectivity index (χ3n) is 3.34. The molecule has 2 aromatic heterocycles. The van der Waals surface area contributed by atoms with E-state index >= 15 is 0 Å². The number of hydrogen-bond donors (Lipinski definition) is 1. The molecule has 96 valence electrons. The highest BCUT2D eigenvalue weighted by molar-refractivity contribution is 5.92. The van der Waals surface area contributed by atoms with Gasteiger partial charge in [-0.25, -0.2) is 4.79 Å². The predicted molar refractivity (Wildman–Crippen MR) is 64.9 cm³/mol. The molecule has 0 aromatic carbocycles. The van der Waals surface area contributed by atoms with Crippen molar-refractivity contribution in [3.8, 4) is 0 Å². The van der Waals surface area contributed by atoms with Gasteiger partial charge in [-0.3, -0.25) is 0 Å². The number of carboxylic acid groups (broad SMARTS) is 1. The van der Waals surface area contributed by atoms with E-state index in [4.69, 9.17) is 9.15 Å². The van der Waals surface area contributed by atoms with E-state index in [1.807, 2.05) is 13.0 Å². The number of rotatable bonds is 3. The first-order valence-corrected chi connectivity index (χ1v) is 6.09. The van der Waals surface area contributed by atoms with Crippen molar-refractivity contribution in [1.29, 1.82) is 0 Å². The van der Waals surface area contributed by atoms with Gasteiger partial charge in [-0.1, -0.05) is 0 Å². The van der Waals surface area contributed by atoms with E-state index in [0.29, 0.717) is 12.1 Å². The summed E-state index contributed by atoms with van der Waals surface area (Å²) in [6.45, 7) is 3.20. The Morgan fingerprint density at radius 3 is 3.06 bits per heavy atom. The zero-order valence-corrected chi connectivity index (χ0v) is 10.2. The largest absolute Gasteiger partial charge is 0.477 e. The topological polar surface area (TPSA) is 64.6 Å². The third kappa shape index (κ3) is 1.80. The van der Waals surface area contributed by atoms with Crippen molar-refractivity contribution in [3.05, 3.63) is 23.6 Å². The van der Waals surface area contributed by atoms with Gasteiger partial charge in [0.25, 0.3) is 0 Å². The fourth-order valence-corrected chi connectivity index (χ4v) is 2.53. The van der Waals surface area contributed by atoms with Crippen LogP contribution in [0.5, 0.6) is 0 Å². The van der Waals surface area contributed by atoms with Crippen LogP contribution in [-0.4, -0.2) is 28.4 Å². The molecule has 0 aliphatic carbocycles. The van der Waals surface area contributed by atoms with Crippen molar-refractivity contribution >= 4 is 17.1 Å². The summed E-state index contributed by atoms with van der Waals surface area (Å²) in [5.74, 6) is -0.143. The van der Waals surface area contributed by atoms with Crippen LogP contribution in [0, 0.1) is 6.92 Å². The second-order valence-electron chi connectivity index (χ2n) is 4.69. The highest BCUT2D eigenvalue weighted by Gasteiger charge is 2.22. The molecule has 1 fully saturated rings. The van der Waals surface area contributed by atoms with Crippen LogP contribution in [0.4, 0.5) is 0 Å². The maximum atomic E-state index is 11.2. The van der Waals surface area contributed by atoms with Crippen molar-refractivity contribution in [2.75, 3.05) is 6.61 Å². The highest BCUT2D eigenvalue weighted by Crippen LogP contribution is 2.26. The molecule has 1 N–H and O–H groups in total. The van der Waals surface area contributed by atoms with Crippen LogP contribution in [0.15, 0.2) is 16.5 Å². The Morgan fingerprint density at radius 1 is 1.56 bits per heavy atom. The fraction of sp³-hybridized carbons (Fsp3) is 0.462. The number of aryl methyl sites for hydroxylation is 1. The molecule has 3 heterocycles. The Balaban J connectivity index is 2.04. The van der Waals surface area contributed by atoms with Gasteiger partial charge < -0.3 is 18.8 Å². The first kappa shape index (κ1) is 11.3. The minimum atomic E-state index is -0.933. The minimum absolute atomic E-state index is 0.105. The summed E-state index contributed by atoms with van der Waals surface area (Å²) >= 11 is 0. The first-order chi connectivity index (χ1) is 8.65. The van der Waals surface area contributed by atoms with Crippen LogP contribution in [0.3, 0.4) is 0 Å². The smallest absolute Gasteiger partial charge is 0.352 e. The van der Waals surface area contributed by atoms with Crippen molar-refractivity contribution < 1.29 is 19.1 Å². The Labute approximate surface area is 104 Å². The second kappa shape index (κ2) is 4.17. The van der Waals surface area contributed by atoms with E-state index in [2.05, 4.69) is 0 Å². The van der Waals surface area contributed by atoms with Crippen LogP contribution < -0.4 is 0 Å². The fourth-order valence-electron chi connectivity index (χ4n) is 2.53. The lowest BCUT2D eigenvalue weighted by Crippen LogP contribution is -2.18. The number of aromatic nitrogens is 1. The van der Waals surface area contributed by atoms with Gasteiger partial charge in [-0.15, -0.1) is 0 Å². The maximum Gasteiger partial charge on any atom is 0.352 e. The van der Waals surface area contributed by atoms with Gasteiger partial charge in [-0.2, -0.15) is 0 Å². The zero-order chi connectivity index (χ0) is 12.7. The third-order valence-corrected chi connectivity index (χ3v) is 3.34. The average molecular weight is 249 g/mol. The normalized spacial score (nSPS) is 19.7. The van der Waals surface area contributed by atoms with E-state index in [1.165, 1.54) is 0 Å². The molecule has 3 rings (SSSR count). The monoisotopic (exact) mass is 249 g/mol. The van der Waals surface area contributed by atoms with Crippen LogP contribution in [-0.2, 0) is 11.3 Å². The molecule has 0 amide bonds. The molecule has 1 aliphatic rings. The molecule has 0 saturated carbocycles. The first-order valence-electron chi connectivity index (χ1n) is 6.09. The number of fused-ring (bicyclic) bond motifs is 1. The summed E-state index contributed by atoms with van der Waals surface area (Å²) in [5, 5.41) is 9.22. The average Bonchev–Trinajstić information content (AvgIpc) is 2.96. The number of ether oxygens (including phenoxy) is 1. The SMILES string of the molecule is Cc1cc2c(cc(C(=O)O)n2C[C@@H]2CCCO2)o1. The molecule has 0 spiro atoms. The molecule has 5 nitrogen and oxygen atoms in total. The number of furan rings is 1. The van der Waals surface area contributed by atoms with Gasteiger partial charge in [0, 0.05) is 25.3 Å². The number of nitrogens with zero attached hydrogens (tertiary/aromatic N) is 1. The standard InChI is InChI=1S/C13H15NO4/c1-8-5-10-12(18-8)6-11(13(15)16)14(10)7-9-3-2-4-17-9/h5-6,9H,2-4,7H2,1H3,(H,15,16)/t9-/m0/s1. The van der Waals surface area contributed by atoms with Crippen molar-refractivity contribution in [3.63, 3.8) is 0 Å². The van der Waals surface area contributed by atoms with Gasteiger partial charge in [-0.05, 0) is 19.8 Å². The summed E-state index contributed by atoms with van der Waals surface area (Å²) < 4.78 is 12.8. The molecule has 1 saturated heterocycles. The molecule has 18 heavy (non-hydrogen) atoms. The summed E-state index contributed by atoms with van der Waals surface area (Å²) in [5.41, 5.74) is 1.72. The zero-order valence-electron chi connectivity index (χ0n) is 10.2. The molecular weight excluding hydrogens is 234 g/mol. The molecule has 0 radical (unpaired) electrons. The van der Waals surface area contributed by atoms with Gasteiger partial charge in [0.05, 0.1) is 11.6 Å². The number of carbonyl (C=O) groups is 1. The van der Waals surface area contributed by atoms with E-state index in [0.717, 1.165) is 30.7 Å². The number of hydrogen-bond acceptors (Lipinski definition) is 3. The summed E-state index contributed by atoms with van der Waals surface area (Å²) in [6.07, 6.45) is 2.13. The van der Waals surface area contributed by atoms with Crippen LogP contribution in [0.1, 0.15) is 29.1 Å². The summed E-state index contributed by atoms with van der Waals surface area (Å²) in [7, 11) is 0. The molecular formula is C13H15NO4. The Kier molecular flexibility index (Phi) is 2.63. The van der Waals surface area contributed by atoms with Crippen LogP contribution in [0.2, 0.25) is 0 Å². The molecule has 2 aromatic rings. The molecule has 0 unspecified atom stereocenters. The van der Waals surface area contributed by atoms with Crippen molar-refractivity contribution in [2.45, 2.75) is 32.4 Å². The molecule has 1 atom stereocenters. The summed E-state index contributed by atoms with van der Waals surface area (Å²) in [6, 6.07) is 3.45. The Hall–Kier alpha value is -1.75. The summed E-state index contributed by atoms with van der Waals surface area (Å²) in [4.78, 5) is 11.2. The lowest BCUT2D eigenvalue weighted by molar-refractivity contribution is 0.0672. The highest BCUT2D eigenvalue weighted by atomic mass is 16.5. The lowest BCUT2D eigenvalue weighted by atomic mass is 10.2. The van der Waals surface area contributed by atoms with E-state index in [-0.39, 0.29) is 11.8 Å². The number of aromatic carboxylic acids is 1. The Bertz CT molecular complexity index is 589. The number of carboxylic acids is 1. The minimum Gasteiger partial charge on any atom is -0.477 e. The van der Waals surface area contributed by atoms with Crippen LogP contribution >= 0.6 is 0 Å². The van der Waals surface area contributed by atoms with E-state index < -0.39 is 5.97 Å². The molecule has 1 aliphatic heterocycles. The quantitative estimate of drug-likeness (QED) is 0.907. The van der Waals surface area contributed by atoms with E-state index in [9.17, 15) is 9.90 Å². The van der Waals surface area contributed by atoms with Crippen LogP contribution in [0.25, 0.3) is 11.1 Å². The van der Waals surface area contributed by atoms with Gasteiger partial charge in [0.15, 0.2) is 5.58 Å².